The molecule has 1 fully saturated rings. The van der Waals surface area contributed by atoms with Crippen LogP contribution in [0, 0.1) is 23.7 Å². The molecule has 144 valence electrons. The van der Waals surface area contributed by atoms with Crippen LogP contribution in [0.3, 0.4) is 0 Å². The van der Waals surface area contributed by atoms with Gasteiger partial charge in [0.2, 0.25) is 0 Å². The van der Waals surface area contributed by atoms with Crippen LogP contribution in [-0.2, 0) is 9.63 Å². The van der Waals surface area contributed by atoms with E-state index >= 15 is 0 Å². The fourth-order valence-electron chi connectivity index (χ4n) is 3.40. The molecule has 0 amide bonds. The van der Waals surface area contributed by atoms with Gasteiger partial charge in [0.25, 0.3) is 0 Å². The predicted molar refractivity (Wildman–Crippen MR) is 99.4 cm³/mol. The van der Waals surface area contributed by atoms with E-state index in [1.165, 1.54) is 0 Å². The molecule has 2 aliphatic carbocycles. The summed E-state index contributed by atoms with van der Waals surface area (Å²) in [6, 6.07) is 6.85. The normalized spacial score (nSPS) is 24.5. The Kier molecular flexibility index (Phi) is 6.40. The summed E-state index contributed by atoms with van der Waals surface area (Å²) >= 11 is 5.84. The van der Waals surface area contributed by atoms with E-state index < -0.39 is 18.2 Å². The van der Waals surface area contributed by atoms with Crippen LogP contribution in [0.4, 0.5) is 0 Å². The summed E-state index contributed by atoms with van der Waals surface area (Å²) in [6.45, 7) is 0.312. The third kappa shape index (κ3) is 4.82. The number of carbonyl (C=O) groups is 1. The van der Waals surface area contributed by atoms with Gasteiger partial charge in [-0.2, -0.15) is 0 Å². The maximum atomic E-state index is 10.5. The average Bonchev–Trinajstić information content (AvgIpc) is 2.86. The average molecular weight is 392 g/mol. The Morgan fingerprint density at radius 3 is 2.78 bits per heavy atom. The summed E-state index contributed by atoms with van der Waals surface area (Å²) in [5.74, 6) is 4.83. The number of hydrogen-bond acceptors (Lipinski definition) is 5. The molecule has 7 heteroatoms. The van der Waals surface area contributed by atoms with Gasteiger partial charge in [-0.05, 0) is 42.5 Å². The van der Waals surface area contributed by atoms with E-state index in [-0.39, 0.29) is 18.3 Å². The molecule has 3 rings (SSSR count). The second-order valence-corrected chi connectivity index (χ2v) is 7.24. The van der Waals surface area contributed by atoms with Crippen LogP contribution in [-0.4, -0.2) is 34.0 Å². The first-order valence-corrected chi connectivity index (χ1v) is 9.27. The summed E-state index contributed by atoms with van der Waals surface area (Å²) in [7, 11) is 0. The van der Waals surface area contributed by atoms with Crippen LogP contribution in [0.1, 0.15) is 37.4 Å². The van der Waals surface area contributed by atoms with Gasteiger partial charge in [0.05, 0.1) is 18.6 Å². The lowest BCUT2D eigenvalue weighted by molar-refractivity contribution is -0.137. The minimum Gasteiger partial charge on any atom is -0.481 e. The summed E-state index contributed by atoms with van der Waals surface area (Å²) < 4.78 is 0. The predicted octanol–water partition coefficient (Wildman–Crippen LogP) is 2.42. The Hall–Kier alpha value is -2.04. The van der Waals surface area contributed by atoms with E-state index in [4.69, 9.17) is 21.5 Å². The number of hydroxylamine groups is 1. The third-order valence-corrected chi connectivity index (χ3v) is 5.20. The highest BCUT2D eigenvalue weighted by atomic mass is 35.5. The summed E-state index contributed by atoms with van der Waals surface area (Å²) in [5, 5.41) is 29.8. The zero-order valence-corrected chi connectivity index (χ0v) is 15.4. The number of aliphatic hydroxyl groups excluding tert-OH is 2. The Morgan fingerprint density at radius 1 is 1.33 bits per heavy atom. The highest BCUT2D eigenvalue weighted by Gasteiger charge is 2.45. The van der Waals surface area contributed by atoms with Crippen LogP contribution in [0.25, 0.3) is 0 Å². The second-order valence-electron chi connectivity index (χ2n) is 6.81. The van der Waals surface area contributed by atoms with E-state index in [2.05, 4.69) is 17.3 Å². The number of fused-ring (bicyclic) bond motifs is 1. The molecular formula is C20H22ClNO5. The van der Waals surface area contributed by atoms with E-state index in [0.717, 1.165) is 11.3 Å². The molecule has 0 spiro atoms. The van der Waals surface area contributed by atoms with Gasteiger partial charge in [0.15, 0.2) is 0 Å². The molecule has 4 atom stereocenters. The van der Waals surface area contributed by atoms with Crippen LogP contribution < -0.4 is 5.48 Å². The monoisotopic (exact) mass is 391 g/mol. The van der Waals surface area contributed by atoms with Gasteiger partial charge in [-0.25, -0.2) is 0 Å². The van der Waals surface area contributed by atoms with Crippen molar-refractivity contribution in [3.8, 4) is 11.8 Å². The zero-order chi connectivity index (χ0) is 19.4. The topological polar surface area (TPSA) is 99.0 Å². The number of aliphatic carboxylic acids is 1. The van der Waals surface area contributed by atoms with Gasteiger partial charge in [0, 0.05) is 23.1 Å². The maximum Gasteiger partial charge on any atom is 0.303 e. The van der Waals surface area contributed by atoms with Crippen molar-refractivity contribution in [2.45, 2.75) is 37.9 Å². The van der Waals surface area contributed by atoms with Crippen molar-refractivity contribution < 1.29 is 25.0 Å². The molecule has 1 aromatic rings. The third-order valence-electron chi connectivity index (χ3n) is 4.95. The van der Waals surface area contributed by atoms with Crippen LogP contribution >= 0.6 is 11.6 Å². The first-order chi connectivity index (χ1) is 13.0. The molecule has 0 aliphatic heterocycles. The number of rotatable bonds is 7. The molecule has 1 aromatic carbocycles. The lowest BCUT2D eigenvalue weighted by atomic mass is 9.83. The summed E-state index contributed by atoms with van der Waals surface area (Å²) in [5.41, 5.74) is 5.57. The molecule has 2 aliphatic rings. The number of halogens is 1. The van der Waals surface area contributed by atoms with Crippen molar-refractivity contribution in [2.24, 2.45) is 11.8 Å². The van der Waals surface area contributed by atoms with Crippen LogP contribution in [0.5, 0.6) is 0 Å². The minimum absolute atomic E-state index is 0.0714. The molecule has 0 bridgehead atoms. The van der Waals surface area contributed by atoms with Crippen molar-refractivity contribution in [1.29, 1.82) is 0 Å². The number of nitrogens with one attached hydrogen (secondary N) is 1. The SMILES string of the molecule is O=C(O)CCCONC1=C2CC(C#CC(O)c3ccc(Cl)cc3)C(O)C2C1. The Labute approximate surface area is 162 Å². The molecular weight excluding hydrogens is 370 g/mol. The van der Waals surface area contributed by atoms with Crippen LogP contribution in [0.2, 0.25) is 5.02 Å². The number of carboxylic acid groups (broad SMARTS) is 1. The first kappa shape index (κ1) is 19.7. The van der Waals surface area contributed by atoms with Crippen molar-refractivity contribution >= 4 is 17.6 Å². The maximum absolute atomic E-state index is 10.5. The smallest absolute Gasteiger partial charge is 0.303 e. The molecule has 4 unspecified atom stereocenters. The fourth-order valence-corrected chi connectivity index (χ4v) is 3.52. The molecule has 1 saturated carbocycles. The summed E-state index contributed by atoms with van der Waals surface area (Å²) in [4.78, 5) is 15.7. The molecule has 4 N–H and O–H groups in total. The molecule has 0 radical (unpaired) electrons. The van der Waals surface area contributed by atoms with Crippen molar-refractivity contribution in [3.05, 3.63) is 46.1 Å². The van der Waals surface area contributed by atoms with E-state index in [1.54, 1.807) is 24.3 Å². The highest BCUT2D eigenvalue weighted by molar-refractivity contribution is 6.30. The first-order valence-electron chi connectivity index (χ1n) is 8.90. The van der Waals surface area contributed by atoms with Gasteiger partial charge < -0.3 is 15.3 Å². The van der Waals surface area contributed by atoms with E-state index in [1.807, 2.05) is 0 Å². The lowest BCUT2D eigenvalue weighted by Gasteiger charge is -2.30. The van der Waals surface area contributed by atoms with E-state index in [0.29, 0.717) is 36.5 Å². The van der Waals surface area contributed by atoms with Gasteiger partial charge in [0.1, 0.15) is 6.10 Å². The number of carboxylic acids is 1. The Morgan fingerprint density at radius 2 is 2.07 bits per heavy atom. The molecule has 0 heterocycles. The quantitative estimate of drug-likeness (QED) is 0.323. The zero-order valence-electron chi connectivity index (χ0n) is 14.7. The minimum atomic E-state index is -0.920. The van der Waals surface area contributed by atoms with Gasteiger partial charge in [-0.1, -0.05) is 35.6 Å². The largest absolute Gasteiger partial charge is 0.481 e. The molecule has 27 heavy (non-hydrogen) atoms. The summed E-state index contributed by atoms with van der Waals surface area (Å²) in [6.07, 6.45) is 0.357. The van der Waals surface area contributed by atoms with E-state index in [9.17, 15) is 15.0 Å². The number of allylic oxidation sites excluding steroid dienone is 1. The Balaban J connectivity index is 1.52. The molecule has 0 saturated heterocycles. The number of hydrogen-bond donors (Lipinski definition) is 4. The van der Waals surface area contributed by atoms with Crippen molar-refractivity contribution in [1.82, 2.24) is 5.48 Å². The van der Waals surface area contributed by atoms with Gasteiger partial charge >= 0.3 is 5.97 Å². The second kappa shape index (κ2) is 8.77. The highest BCUT2D eigenvalue weighted by Crippen LogP contribution is 2.48. The standard InChI is InChI=1S/C20H22ClNO5/c21-14-6-3-12(4-7-14)18(23)8-5-13-10-15-16(20(13)26)11-17(15)22-27-9-1-2-19(24)25/h3-4,6-7,13,16,18,20,22-23,26H,1-2,9-11H2,(H,24,25). The fraction of sp³-hybridized carbons (Fsp3) is 0.450. The molecule has 0 aromatic heterocycles. The number of benzene rings is 1. The van der Waals surface area contributed by atoms with Crippen molar-refractivity contribution in [3.63, 3.8) is 0 Å². The van der Waals surface area contributed by atoms with Gasteiger partial charge in [-0.3, -0.25) is 15.1 Å². The van der Waals surface area contributed by atoms with Gasteiger partial charge in [-0.15, -0.1) is 0 Å². The molecule has 6 nitrogen and oxygen atoms in total. The lowest BCUT2D eigenvalue weighted by Crippen LogP contribution is -2.32. The Bertz CT molecular complexity index is 780. The number of aliphatic hydroxyl groups is 2. The van der Waals surface area contributed by atoms with Crippen molar-refractivity contribution in [2.75, 3.05) is 6.61 Å². The van der Waals surface area contributed by atoms with Crippen LogP contribution in [0.15, 0.2) is 35.5 Å².